The number of aryl methyl sites for hydroxylation is 5. The quantitative estimate of drug-likeness (QED) is 0.0411. The molecule has 18 rings (SSSR count). The fourth-order valence-electron chi connectivity index (χ4n) is 14.5. The highest BCUT2D eigenvalue weighted by Gasteiger charge is 2.25. The predicted octanol–water partition coefficient (Wildman–Crippen LogP) is 17.1. The molecule has 32 heteroatoms. The van der Waals surface area contributed by atoms with Crippen LogP contribution in [-0.2, 0) is 44.2 Å². The topological polar surface area (TPSA) is 306 Å². The monoisotopic (exact) mass is 1710 g/mol. The normalized spacial score (nSPS) is 12.2. The van der Waals surface area contributed by atoms with Crippen molar-refractivity contribution in [3.8, 4) is 91.0 Å². The molecule has 0 N–H and O–H groups in total. The first-order valence-electron chi connectivity index (χ1n) is 41.0. The minimum Gasteiger partial charge on any atom is -0.497 e. The number of methoxy groups -OCH3 is 8. The summed E-state index contributed by atoms with van der Waals surface area (Å²) in [6.45, 7) is 7.77. The number of aromatic nitrogens is 17. The van der Waals surface area contributed by atoms with Crippen LogP contribution >= 0.6 is 0 Å². The number of ether oxygens (including phenoxy) is 10. The third kappa shape index (κ3) is 21.0. The lowest BCUT2D eigenvalue weighted by molar-refractivity contribution is 0.117. The zero-order valence-corrected chi connectivity index (χ0v) is 73.5. The van der Waals surface area contributed by atoms with E-state index in [1.807, 2.05) is 213 Å². The molecular weight excluding hydrogens is 1610 g/mol. The molecule has 17 aromatic rings. The Kier molecular flexibility index (Phi) is 27.2. The fourth-order valence-corrected chi connectivity index (χ4v) is 14.5. The van der Waals surface area contributed by atoms with Gasteiger partial charge in [0, 0.05) is 233 Å². The van der Waals surface area contributed by atoms with Crippen LogP contribution in [0.2, 0.25) is 0 Å². The van der Waals surface area contributed by atoms with E-state index >= 15 is 0 Å². The number of fused-ring (bicyclic) bond motifs is 4. The number of anilines is 8. The van der Waals surface area contributed by atoms with Crippen molar-refractivity contribution in [3.05, 3.63) is 237 Å². The van der Waals surface area contributed by atoms with Gasteiger partial charge in [0.15, 0.2) is 5.76 Å². The van der Waals surface area contributed by atoms with E-state index in [0.717, 1.165) is 207 Å². The van der Waals surface area contributed by atoms with E-state index in [1.165, 1.54) is 0 Å². The van der Waals surface area contributed by atoms with E-state index in [9.17, 15) is 0 Å². The Morgan fingerprint density at radius 1 is 0.370 bits per heavy atom. The lowest BCUT2D eigenvalue weighted by Crippen LogP contribution is -2.28. The Bertz CT molecular complexity index is 6560. The molecule has 0 radical (unpaired) electrons. The summed E-state index contributed by atoms with van der Waals surface area (Å²) >= 11 is 0. The summed E-state index contributed by atoms with van der Waals surface area (Å²) in [6, 6.07) is 49.4. The summed E-state index contributed by atoms with van der Waals surface area (Å²) in [5.41, 5.74) is 21.8. The highest BCUT2D eigenvalue weighted by molar-refractivity contribution is 5.87. The number of hydrogen-bond donors (Lipinski definition) is 0. The van der Waals surface area contributed by atoms with Gasteiger partial charge in [0.05, 0.1) is 198 Å². The van der Waals surface area contributed by atoms with Crippen molar-refractivity contribution in [3.63, 3.8) is 0 Å². The molecule has 32 nitrogen and oxygen atoms in total. The number of benzene rings is 8. The van der Waals surface area contributed by atoms with Crippen molar-refractivity contribution in [2.75, 3.05) is 116 Å². The maximum atomic E-state index is 5.96. The molecule has 10 heterocycles. The van der Waals surface area contributed by atoms with Crippen molar-refractivity contribution in [2.45, 2.75) is 39.3 Å². The van der Waals surface area contributed by atoms with E-state index < -0.39 is 0 Å². The largest absolute Gasteiger partial charge is 0.497 e. The van der Waals surface area contributed by atoms with Crippen LogP contribution in [0.15, 0.2) is 231 Å². The van der Waals surface area contributed by atoms with Crippen LogP contribution < -0.4 is 57.5 Å². The summed E-state index contributed by atoms with van der Waals surface area (Å²) in [5, 5.41) is 21.0. The van der Waals surface area contributed by atoms with Gasteiger partial charge in [-0.25, -0.2) is 19.9 Å². The van der Waals surface area contributed by atoms with Gasteiger partial charge in [-0.3, -0.25) is 38.7 Å². The molecule has 0 saturated carbocycles. The van der Waals surface area contributed by atoms with E-state index in [-0.39, 0.29) is 6.10 Å². The summed E-state index contributed by atoms with van der Waals surface area (Å²) in [7, 11) is 22.7. The highest BCUT2D eigenvalue weighted by Crippen LogP contribution is 2.41. The molecular formula is C95H99N21O11. The highest BCUT2D eigenvalue weighted by atomic mass is 16.5. The van der Waals surface area contributed by atoms with Gasteiger partial charge < -0.3 is 71.5 Å². The third-order valence-corrected chi connectivity index (χ3v) is 21.2. The molecule has 0 spiro atoms. The minimum absolute atomic E-state index is 0.158. The molecule has 9 aromatic heterocycles. The second-order valence-corrected chi connectivity index (χ2v) is 29.8. The van der Waals surface area contributed by atoms with Crippen LogP contribution in [-0.4, -0.2) is 187 Å². The van der Waals surface area contributed by atoms with Crippen molar-refractivity contribution in [1.82, 2.24) is 84.2 Å². The third-order valence-electron chi connectivity index (χ3n) is 21.2. The average molecular weight is 1710 g/mol. The molecule has 1 aliphatic rings. The van der Waals surface area contributed by atoms with Crippen LogP contribution in [0.1, 0.15) is 31.2 Å². The first-order chi connectivity index (χ1) is 61.8. The molecule has 1 fully saturated rings. The molecule has 8 aromatic carbocycles. The van der Waals surface area contributed by atoms with Gasteiger partial charge >= 0.3 is 0 Å². The average Bonchev–Trinajstić information content (AvgIpc) is 1.75. The SMILES string of the molecule is CCOCCN(c1cc(OC)cc(OC)c1)c1ccc2ncc(-c3cnn(C)c3)nc2c1.COc1cc(OC)cc(N(C)c2ccc3ncc(-c4cnn(C)c4)nc3c2)c1.COc1cc(OC)cc(N(CC2CCCO2)c2ccc3ncc(-c4cnn(C)c4)nc3c2)c1.COc1cc(OC)cc(N(Cc2cc(C)no2)c2ccc3ncc(-c4cnn(C)c4)nc3c2)c1. The van der Waals surface area contributed by atoms with E-state index in [2.05, 4.69) is 77.2 Å². The number of hydrogen-bond acceptors (Lipinski definition) is 28. The zero-order chi connectivity index (χ0) is 88.6. The maximum absolute atomic E-state index is 5.96. The molecule has 0 amide bonds. The lowest BCUT2D eigenvalue weighted by Gasteiger charge is -2.28. The Morgan fingerprint density at radius 3 is 1.02 bits per heavy atom. The van der Waals surface area contributed by atoms with Gasteiger partial charge in [-0.05, 0) is 99.5 Å². The summed E-state index contributed by atoms with van der Waals surface area (Å²) in [5.74, 6) is 6.50. The zero-order valence-electron chi connectivity index (χ0n) is 73.5. The Hall–Kier alpha value is -15.3. The first kappa shape index (κ1) is 86.6. The van der Waals surface area contributed by atoms with Crippen LogP contribution in [0, 0.1) is 6.92 Å². The number of nitrogens with zero attached hydrogens (tertiary/aromatic N) is 21. The Balaban J connectivity index is 0.000000131. The van der Waals surface area contributed by atoms with Gasteiger partial charge in [0.2, 0.25) is 0 Å². The van der Waals surface area contributed by atoms with Crippen molar-refractivity contribution >= 4 is 89.6 Å². The molecule has 0 bridgehead atoms. The summed E-state index contributed by atoms with van der Waals surface area (Å²) < 4.78 is 67.9. The molecule has 650 valence electrons. The Morgan fingerprint density at radius 2 is 0.701 bits per heavy atom. The lowest BCUT2D eigenvalue weighted by atomic mass is 10.1. The minimum atomic E-state index is 0.158. The fraction of sp³-hybridized carbons (Fsp3) is 0.253. The maximum Gasteiger partial charge on any atom is 0.156 e. The van der Waals surface area contributed by atoms with Gasteiger partial charge in [0.1, 0.15) is 46.0 Å². The van der Waals surface area contributed by atoms with Crippen LogP contribution in [0.3, 0.4) is 0 Å². The van der Waals surface area contributed by atoms with Crippen molar-refractivity contribution < 1.29 is 51.9 Å². The van der Waals surface area contributed by atoms with Gasteiger partial charge in [-0.1, -0.05) is 5.16 Å². The second kappa shape index (κ2) is 39.9. The van der Waals surface area contributed by atoms with Crippen LogP contribution in [0.25, 0.3) is 89.2 Å². The first-order valence-corrected chi connectivity index (χ1v) is 41.0. The summed E-state index contributed by atoms with van der Waals surface area (Å²) in [6.07, 6.45) is 24.2. The standard InChI is InChI=1S/C25H24N6O3.C25H27N5O3.C24H27N5O3.C21H21N5O2/c1-16-7-22(34-29-16)15-31(19-8-20(32-3)11-21(9-19)33-4)18-5-6-23-24(10-18)28-25(13-26-23)17-12-27-30(2)14-17;1-29-15-17(13-27-29)25-14-26-23-7-6-18(11-24(23)28-25)30(16-20-5-4-8-33-20)19-9-21(31-2)12-22(10-19)32-3;1-5-32-9-8-29(19-10-20(30-3)13-21(11-19)31-4)18-6-7-22-23(12-18)27-24(15-25-22)17-14-26-28(2)16-17;1-25-13-14(11-23-25)21-12-22-19-6-5-15(9-20(19)24-21)26(2)16-7-17(27-3)10-18(8-16)28-4/h5-14H,15H2,1-4H3;6-7,9-15,20H,4-5,8,16H2,1-3H3;6-7,10-16H,5,8-9H2,1-4H3;5-13H,1-4H3. The summed E-state index contributed by atoms with van der Waals surface area (Å²) in [4.78, 5) is 46.2. The van der Waals surface area contributed by atoms with Gasteiger partial charge in [-0.15, -0.1) is 0 Å². The molecule has 1 atom stereocenters. The van der Waals surface area contributed by atoms with Crippen molar-refractivity contribution in [1.29, 1.82) is 0 Å². The van der Waals surface area contributed by atoms with Crippen LogP contribution in [0.5, 0.6) is 46.0 Å². The number of rotatable bonds is 28. The molecule has 1 aliphatic heterocycles. The van der Waals surface area contributed by atoms with E-state index in [1.54, 1.807) is 125 Å². The van der Waals surface area contributed by atoms with Crippen molar-refractivity contribution in [2.24, 2.45) is 28.2 Å². The molecule has 1 saturated heterocycles. The molecule has 0 aliphatic carbocycles. The van der Waals surface area contributed by atoms with E-state index in [0.29, 0.717) is 37.8 Å². The smallest absolute Gasteiger partial charge is 0.156 e. The molecule has 1 unspecified atom stereocenters. The Labute approximate surface area is 734 Å². The van der Waals surface area contributed by atoms with Gasteiger partial charge in [-0.2, -0.15) is 20.4 Å². The van der Waals surface area contributed by atoms with E-state index in [4.69, 9.17) is 71.8 Å². The second-order valence-electron chi connectivity index (χ2n) is 29.8. The van der Waals surface area contributed by atoms with Gasteiger partial charge in [0.25, 0.3) is 0 Å². The van der Waals surface area contributed by atoms with Crippen LogP contribution in [0.4, 0.5) is 45.5 Å². The molecule has 127 heavy (non-hydrogen) atoms. The predicted molar refractivity (Wildman–Crippen MR) is 490 cm³/mol.